The Bertz CT molecular complexity index is 1380. The van der Waals surface area contributed by atoms with Crippen LogP contribution in [0, 0.1) is 23.4 Å². The van der Waals surface area contributed by atoms with Crippen LogP contribution in [0.2, 0.25) is 0 Å². The van der Waals surface area contributed by atoms with Gasteiger partial charge in [0.25, 0.3) is 10.0 Å². The first-order chi connectivity index (χ1) is 16.1. The summed E-state index contributed by atoms with van der Waals surface area (Å²) in [4.78, 5) is 17.0. The van der Waals surface area contributed by atoms with Gasteiger partial charge < -0.3 is 10.1 Å². The summed E-state index contributed by atoms with van der Waals surface area (Å²) < 4.78 is 70.5. The molecule has 0 saturated heterocycles. The van der Waals surface area contributed by atoms with E-state index < -0.39 is 50.2 Å². The number of nitrogens with one attached hydrogen (secondary N) is 1. The first-order valence-electron chi connectivity index (χ1n) is 10.2. The molecular formula is C23H20F3N3O4S. The second-order valence-electron chi connectivity index (χ2n) is 7.94. The number of carbonyl (C=O) groups is 1. The Hall–Kier alpha value is -3.44. The van der Waals surface area contributed by atoms with Crippen LogP contribution in [0.1, 0.15) is 22.6 Å². The minimum atomic E-state index is -4.09. The Morgan fingerprint density at radius 2 is 1.85 bits per heavy atom. The van der Waals surface area contributed by atoms with Crippen molar-refractivity contribution in [2.45, 2.75) is 23.8 Å². The van der Waals surface area contributed by atoms with E-state index in [2.05, 4.69) is 10.3 Å². The Morgan fingerprint density at radius 1 is 1.09 bits per heavy atom. The zero-order valence-corrected chi connectivity index (χ0v) is 18.7. The van der Waals surface area contributed by atoms with Crippen LogP contribution in [0.5, 0.6) is 5.75 Å². The highest BCUT2D eigenvalue weighted by Gasteiger charge is 2.37. The summed E-state index contributed by atoms with van der Waals surface area (Å²) in [5.41, 5.74) is 1.78. The molecule has 1 aromatic heterocycles. The van der Waals surface area contributed by atoms with Gasteiger partial charge in [0.05, 0.1) is 7.11 Å². The molecule has 0 saturated carbocycles. The maximum absolute atomic E-state index is 14.5. The zero-order valence-electron chi connectivity index (χ0n) is 17.9. The average Bonchev–Trinajstić information content (AvgIpc) is 2.79. The summed E-state index contributed by atoms with van der Waals surface area (Å²) in [5, 5.41) is 7.33. The molecule has 0 fully saturated rings. The van der Waals surface area contributed by atoms with Gasteiger partial charge in [-0.3, -0.25) is 4.79 Å². The van der Waals surface area contributed by atoms with Gasteiger partial charge in [-0.1, -0.05) is 12.1 Å². The number of nitrogens with two attached hydrogens (primary N) is 1. The fourth-order valence-corrected chi connectivity index (χ4v) is 4.77. The Kier molecular flexibility index (Phi) is 6.32. The van der Waals surface area contributed by atoms with E-state index in [0.717, 1.165) is 17.7 Å². The highest BCUT2D eigenvalue weighted by atomic mass is 32.2. The van der Waals surface area contributed by atoms with E-state index in [1.165, 1.54) is 37.6 Å². The number of ether oxygens (including phenoxy) is 1. The van der Waals surface area contributed by atoms with Gasteiger partial charge in [-0.25, -0.2) is 27.3 Å². The number of primary sulfonamides is 1. The van der Waals surface area contributed by atoms with Crippen molar-refractivity contribution < 1.29 is 31.1 Å². The Balaban J connectivity index is 1.75. The summed E-state index contributed by atoms with van der Waals surface area (Å²) in [6, 6.07) is 9.02. The van der Waals surface area contributed by atoms with E-state index in [-0.39, 0.29) is 29.8 Å². The molecule has 1 unspecified atom stereocenters. The van der Waals surface area contributed by atoms with Crippen molar-refractivity contribution in [1.29, 1.82) is 0 Å². The Morgan fingerprint density at radius 3 is 2.56 bits per heavy atom. The van der Waals surface area contributed by atoms with Gasteiger partial charge >= 0.3 is 0 Å². The van der Waals surface area contributed by atoms with Crippen molar-refractivity contribution in [1.82, 2.24) is 4.98 Å². The molecule has 1 aliphatic carbocycles. The maximum atomic E-state index is 14.5. The molecule has 2 atom stereocenters. The molecule has 0 spiro atoms. The Labute approximate surface area is 193 Å². The number of rotatable bonds is 5. The lowest BCUT2D eigenvalue weighted by molar-refractivity contribution is -0.120. The molecule has 11 heteroatoms. The topological polar surface area (TPSA) is 111 Å². The first-order valence-corrected chi connectivity index (χ1v) is 11.7. The van der Waals surface area contributed by atoms with Gasteiger partial charge in [-0.15, -0.1) is 0 Å². The molecule has 178 valence electrons. The zero-order chi connectivity index (χ0) is 24.6. The van der Waals surface area contributed by atoms with E-state index in [1.807, 2.05) is 0 Å². The predicted octanol–water partition coefficient (Wildman–Crippen LogP) is 3.29. The number of benzene rings is 2. The quantitative estimate of drug-likeness (QED) is 0.569. The minimum absolute atomic E-state index is 0.143. The van der Waals surface area contributed by atoms with Crippen molar-refractivity contribution in [2.24, 2.45) is 11.1 Å². The molecule has 3 aromatic rings. The van der Waals surface area contributed by atoms with E-state index in [4.69, 9.17) is 9.88 Å². The molecule has 7 nitrogen and oxygen atoms in total. The molecule has 0 bridgehead atoms. The molecule has 0 radical (unpaired) electrons. The van der Waals surface area contributed by atoms with Crippen LogP contribution in [-0.2, 0) is 27.7 Å². The second-order valence-corrected chi connectivity index (χ2v) is 9.44. The number of aromatic nitrogens is 1. The number of halogens is 3. The van der Waals surface area contributed by atoms with Crippen molar-refractivity contribution >= 4 is 21.6 Å². The van der Waals surface area contributed by atoms with Crippen LogP contribution in [0.25, 0.3) is 0 Å². The highest BCUT2D eigenvalue weighted by molar-refractivity contribution is 7.89. The van der Waals surface area contributed by atoms with Crippen molar-refractivity contribution in [2.75, 3.05) is 12.4 Å². The summed E-state index contributed by atoms with van der Waals surface area (Å²) >= 11 is 0. The standard InChI is InChI=1S/C23H20F3N3O4S/c1-33-22-16(4-5-19(25)21(22)26)17-10-13-8-14(24)3-2-12(13)9-18(17)23(30)29-15-6-7-28-20(11-15)34(27,31)32/h2-8,11,17-18H,9-10H2,1H3,(H2,27,31,32)(H,28,29,30)/t17?,18-/m0/s1. The lowest BCUT2D eigenvalue weighted by Crippen LogP contribution is -2.34. The largest absolute Gasteiger partial charge is 0.493 e. The number of methoxy groups -OCH3 is 1. The monoisotopic (exact) mass is 491 g/mol. The normalized spacial score (nSPS) is 17.7. The summed E-state index contributed by atoms with van der Waals surface area (Å²) in [5.74, 6) is -5.04. The lowest BCUT2D eigenvalue weighted by Gasteiger charge is -2.33. The molecule has 1 heterocycles. The lowest BCUT2D eigenvalue weighted by atomic mass is 9.72. The third-order valence-corrected chi connectivity index (χ3v) is 6.65. The van der Waals surface area contributed by atoms with Crippen molar-refractivity contribution in [3.05, 3.63) is 82.8 Å². The van der Waals surface area contributed by atoms with E-state index in [0.29, 0.717) is 5.56 Å². The fraction of sp³-hybridized carbons (Fsp3) is 0.217. The van der Waals surface area contributed by atoms with E-state index in [1.54, 1.807) is 6.07 Å². The second kappa shape index (κ2) is 9.07. The van der Waals surface area contributed by atoms with Gasteiger partial charge in [-0.05, 0) is 48.2 Å². The number of pyridine rings is 1. The number of carbonyl (C=O) groups excluding carboxylic acids is 1. The molecule has 34 heavy (non-hydrogen) atoms. The van der Waals surface area contributed by atoms with Gasteiger partial charge in [0.1, 0.15) is 5.82 Å². The molecule has 2 aromatic carbocycles. The first kappa shape index (κ1) is 23.7. The van der Waals surface area contributed by atoms with Gasteiger partial charge in [-0.2, -0.15) is 4.39 Å². The molecule has 1 aliphatic rings. The van der Waals surface area contributed by atoms with E-state index in [9.17, 15) is 26.4 Å². The third kappa shape index (κ3) is 4.62. The van der Waals surface area contributed by atoms with Gasteiger partial charge in [0.15, 0.2) is 16.6 Å². The van der Waals surface area contributed by atoms with Crippen LogP contribution >= 0.6 is 0 Å². The number of nitrogens with zero attached hydrogens (tertiary/aromatic N) is 1. The smallest absolute Gasteiger partial charge is 0.255 e. The number of fused-ring (bicyclic) bond motifs is 1. The van der Waals surface area contributed by atoms with Gasteiger partial charge in [0.2, 0.25) is 11.7 Å². The number of anilines is 1. The summed E-state index contributed by atoms with van der Waals surface area (Å²) in [6.45, 7) is 0. The number of hydrogen-bond acceptors (Lipinski definition) is 5. The average molecular weight is 491 g/mol. The van der Waals surface area contributed by atoms with Gasteiger partial charge in [0, 0.05) is 35.3 Å². The molecule has 4 rings (SSSR count). The summed E-state index contributed by atoms with van der Waals surface area (Å²) in [6.07, 6.45) is 1.54. The number of sulfonamides is 1. The SMILES string of the molecule is COc1c(C2Cc3cc(F)ccc3C[C@@H]2C(=O)Nc2ccnc(S(N)(=O)=O)c2)ccc(F)c1F. The van der Waals surface area contributed by atoms with Crippen LogP contribution in [0.3, 0.4) is 0 Å². The van der Waals surface area contributed by atoms with Crippen LogP contribution in [0.15, 0.2) is 53.7 Å². The predicted molar refractivity (Wildman–Crippen MR) is 117 cm³/mol. The van der Waals surface area contributed by atoms with Crippen LogP contribution in [0.4, 0.5) is 18.9 Å². The fourth-order valence-electron chi connectivity index (χ4n) is 4.27. The van der Waals surface area contributed by atoms with Crippen molar-refractivity contribution in [3.8, 4) is 5.75 Å². The number of hydrogen-bond donors (Lipinski definition) is 2. The minimum Gasteiger partial charge on any atom is -0.493 e. The van der Waals surface area contributed by atoms with Crippen molar-refractivity contribution in [3.63, 3.8) is 0 Å². The summed E-state index contributed by atoms with van der Waals surface area (Å²) in [7, 11) is -2.90. The van der Waals surface area contributed by atoms with Crippen LogP contribution < -0.4 is 15.2 Å². The third-order valence-electron chi connectivity index (χ3n) is 5.85. The highest BCUT2D eigenvalue weighted by Crippen LogP contribution is 2.42. The molecule has 1 amide bonds. The molecular weight excluding hydrogens is 471 g/mol. The molecule has 0 aliphatic heterocycles. The van der Waals surface area contributed by atoms with E-state index >= 15 is 0 Å². The molecule has 3 N–H and O–H groups in total. The number of amides is 1. The van der Waals surface area contributed by atoms with Crippen LogP contribution in [-0.4, -0.2) is 26.4 Å². The maximum Gasteiger partial charge on any atom is 0.255 e.